The van der Waals surface area contributed by atoms with Crippen LogP contribution < -0.4 is 9.64 Å². The standard InChI is InChI=1S/C26H27F3N2O3/c1-30(2)25(33)20-10-7-9-19(15-20)17-31(18-24(32)26(27,28)29)21-11-8-14-23(16-21)34-22-12-5-3-4-6-13-22/h3-5,7-16,24,32H,6,17-18H2,1-2H3. The lowest BCUT2D eigenvalue weighted by atomic mass is 10.1. The molecule has 1 atom stereocenters. The largest absolute Gasteiger partial charge is 0.458 e. The molecular weight excluding hydrogens is 445 g/mol. The van der Waals surface area contributed by atoms with Crippen LogP contribution in [0.5, 0.6) is 5.75 Å². The molecule has 180 valence electrons. The van der Waals surface area contributed by atoms with Gasteiger partial charge < -0.3 is 19.6 Å². The molecule has 1 aliphatic rings. The van der Waals surface area contributed by atoms with Crippen LogP contribution in [0.4, 0.5) is 18.9 Å². The predicted octanol–water partition coefficient (Wildman–Crippen LogP) is 5.10. The molecule has 5 nitrogen and oxygen atoms in total. The number of amides is 1. The van der Waals surface area contributed by atoms with Gasteiger partial charge in [0.2, 0.25) is 0 Å². The van der Waals surface area contributed by atoms with Crippen LogP contribution in [0.15, 0.2) is 84.7 Å². The summed E-state index contributed by atoms with van der Waals surface area (Å²) in [5, 5.41) is 9.79. The van der Waals surface area contributed by atoms with Gasteiger partial charge in [-0.2, -0.15) is 13.2 Å². The normalized spacial score (nSPS) is 14.2. The minimum atomic E-state index is -4.77. The van der Waals surface area contributed by atoms with Crippen LogP contribution >= 0.6 is 0 Å². The van der Waals surface area contributed by atoms with Gasteiger partial charge in [0.25, 0.3) is 5.91 Å². The molecule has 8 heteroatoms. The zero-order valence-corrected chi connectivity index (χ0v) is 19.0. The number of anilines is 1. The van der Waals surface area contributed by atoms with E-state index >= 15 is 0 Å². The van der Waals surface area contributed by atoms with Gasteiger partial charge in [0, 0.05) is 38.0 Å². The Hall–Kier alpha value is -3.52. The van der Waals surface area contributed by atoms with Crippen molar-refractivity contribution in [2.75, 3.05) is 25.5 Å². The molecule has 34 heavy (non-hydrogen) atoms. The SMILES string of the molecule is CN(C)C(=O)c1cccc(CN(CC(O)C(F)(F)F)c2cccc(OC3=CCC=CC=C3)c2)c1. The molecule has 0 saturated heterocycles. The Kier molecular flexibility index (Phi) is 8.17. The van der Waals surface area contributed by atoms with E-state index in [2.05, 4.69) is 0 Å². The van der Waals surface area contributed by atoms with Gasteiger partial charge in [-0.1, -0.05) is 36.4 Å². The number of ether oxygens (including phenoxy) is 1. The maximum Gasteiger partial charge on any atom is 0.416 e. The van der Waals surface area contributed by atoms with Crippen molar-refractivity contribution < 1.29 is 27.8 Å². The summed E-state index contributed by atoms with van der Waals surface area (Å²) in [6, 6.07) is 13.4. The highest BCUT2D eigenvalue weighted by Crippen LogP contribution is 2.28. The maximum atomic E-state index is 13.2. The number of hydrogen-bond acceptors (Lipinski definition) is 4. The number of allylic oxidation sites excluding steroid dienone is 5. The van der Waals surface area contributed by atoms with Gasteiger partial charge in [0.15, 0.2) is 6.10 Å². The summed E-state index contributed by atoms with van der Waals surface area (Å²) in [6.45, 7) is -0.622. The van der Waals surface area contributed by atoms with Crippen molar-refractivity contribution in [2.45, 2.75) is 25.2 Å². The first kappa shape index (κ1) is 25.1. The van der Waals surface area contributed by atoms with E-state index in [-0.39, 0.29) is 12.5 Å². The van der Waals surface area contributed by atoms with Gasteiger partial charge in [-0.05, 0) is 48.4 Å². The number of halogens is 3. The van der Waals surface area contributed by atoms with Gasteiger partial charge in [-0.3, -0.25) is 4.79 Å². The zero-order valence-electron chi connectivity index (χ0n) is 19.0. The Labute approximate surface area is 197 Å². The number of carbonyl (C=O) groups is 1. The van der Waals surface area contributed by atoms with Gasteiger partial charge in [-0.25, -0.2) is 0 Å². The minimum absolute atomic E-state index is 0.0532. The van der Waals surface area contributed by atoms with E-state index in [1.54, 1.807) is 68.7 Å². The molecule has 1 aliphatic carbocycles. The second-order valence-electron chi connectivity index (χ2n) is 8.07. The van der Waals surface area contributed by atoms with Gasteiger partial charge in [0.05, 0.1) is 6.54 Å². The van der Waals surface area contributed by atoms with Gasteiger partial charge >= 0.3 is 6.18 Å². The molecule has 3 rings (SSSR count). The highest BCUT2D eigenvalue weighted by atomic mass is 19.4. The summed E-state index contributed by atoms with van der Waals surface area (Å²) in [4.78, 5) is 15.2. The lowest BCUT2D eigenvalue weighted by molar-refractivity contribution is -0.200. The van der Waals surface area contributed by atoms with Crippen molar-refractivity contribution in [1.29, 1.82) is 0 Å². The van der Waals surface area contributed by atoms with Crippen LogP contribution in [0.3, 0.4) is 0 Å². The third-order valence-electron chi connectivity index (χ3n) is 5.11. The molecule has 2 aromatic rings. The van der Waals surface area contributed by atoms with E-state index in [0.29, 0.717) is 34.7 Å². The molecule has 0 radical (unpaired) electrons. The molecular formula is C26H27F3N2O3. The van der Waals surface area contributed by atoms with Crippen LogP contribution in [-0.2, 0) is 6.54 Å². The average Bonchev–Trinajstić information content (AvgIpc) is 3.06. The molecule has 1 unspecified atom stereocenters. The molecule has 0 aliphatic heterocycles. The highest BCUT2D eigenvalue weighted by Gasteiger charge is 2.39. The highest BCUT2D eigenvalue weighted by molar-refractivity contribution is 5.94. The number of carbonyl (C=O) groups excluding carboxylic acids is 1. The molecule has 0 saturated carbocycles. The number of nitrogens with zero attached hydrogens (tertiary/aromatic N) is 2. The van der Waals surface area contributed by atoms with E-state index in [9.17, 15) is 23.1 Å². The Balaban J connectivity index is 1.88. The fourth-order valence-electron chi connectivity index (χ4n) is 3.37. The van der Waals surface area contributed by atoms with Crippen LogP contribution in [0.2, 0.25) is 0 Å². The zero-order chi connectivity index (χ0) is 24.7. The Morgan fingerprint density at radius 2 is 1.88 bits per heavy atom. The Morgan fingerprint density at radius 3 is 2.62 bits per heavy atom. The summed E-state index contributed by atoms with van der Waals surface area (Å²) in [5.74, 6) is 0.871. The number of hydrogen-bond donors (Lipinski definition) is 1. The Morgan fingerprint density at radius 1 is 1.12 bits per heavy atom. The summed E-state index contributed by atoms with van der Waals surface area (Å²) >= 11 is 0. The molecule has 0 bridgehead atoms. The smallest absolute Gasteiger partial charge is 0.416 e. The quantitative estimate of drug-likeness (QED) is 0.581. The molecule has 1 amide bonds. The van der Waals surface area contributed by atoms with Crippen LogP contribution in [0, 0.1) is 0 Å². The molecule has 0 fully saturated rings. The molecule has 0 aromatic heterocycles. The van der Waals surface area contributed by atoms with Crippen molar-refractivity contribution in [2.24, 2.45) is 0 Å². The third-order valence-corrected chi connectivity index (χ3v) is 5.11. The average molecular weight is 473 g/mol. The fourth-order valence-corrected chi connectivity index (χ4v) is 3.37. The monoisotopic (exact) mass is 472 g/mol. The summed E-state index contributed by atoms with van der Waals surface area (Å²) in [7, 11) is 3.25. The van der Waals surface area contributed by atoms with Crippen molar-refractivity contribution in [1.82, 2.24) is 4.90 Å². The lowest BCUT2D eigenvalue weighted by Crippen LogP contribution is -2.40. The number of aliphatic hydroxyl groups excluding tert-OH is 1. The maximum absolute atomic E-state index is 13.2. The Bertz CT molecular complexity index is 1090. The third kappa shape index (κ3) is 6.99. The first-order chi connectivity index (χ1) is 16.1. The van der Waals surface area contributed by atoms with E-state index in [4.69, 9.17) is 4.74 Å². The first-order valence-corrected chi connectivity index (χ1v) is 10.7. The van der Waals surface area contributed by atoms with Crippen molar-refractivity contribution in [3.63, 3.8) is 0 Å². The second kappa shape index (κ2) is 11.1. The first-order valence-electron chi connectivity index (χ1n) is 10.7. The number of alkyl halides is 3. The summed E-state index contributed by atoms with van der Waals surface area (Å²) in [5.41, 5.74) is 1.51. The minimum Gasteiger partial charge on any atom is -0.458 e. The van der Waals surface area contributed by atoms with E-state index < -0.39 is 18.8 Å². The van der Waals surface area contributed by atoms with E-state index in [1.807, 2.05) is 24.3 Å². The van der Waals surface area contributed by atoms with Crippen molar-refractivity contribution in [3.8, 4) is 5.75 Å². The molecule has 0 spiro atoms. The topological polar surface area (TPSA) is 53.0 Å². The molecule has 0 heterocycles. The summed E-state index contributed by atoms with van der Waals surface area (Å²) in [6.07, 6.45) is 2.81. The van der Waals surface area contributed by atoms with Gasteiger partial charge in [0.1, 0.15) is 11.5 Å². The number of rotatable bonds is 8. The van der Waals surface area contributed by atoms with Gasteiger partial charge in [-0.15, -0.1) is 0 Å². The van der Waals surface area contributed by atoms with Crippen molar-refractivity contribution >= 4 is 11.6 Å². The number of aliphatic hydroxyl groups is 1. The number of benzene rings is 2. The predicted molar refractivity (Wildman–Crippen MR) is 126 cm³/mol. The molecule has 1 N–H and O–H groups in total. The summed E-state index contributed by atoms with van der Waals surface area (Å²) < 4.78 is 45.4. The van der Waals surface area contributed by atoms with Crippen LogP contribution in [0.1, 0.15) is 22.3 Å². The van der Waals surface area contributed by atoms with Crippen LogP contribution in [-0.4, -0.2) is 48.8 Å². The fraction of sp³-hybridized carbons (Fsp3) is 0.269. The van der Waals surface area contributed by atoms with Crippen molar-refractivity contribution in [3.05, 3.63) is 95.8 Å². The van der Waals surface area contributed by atoms with E-state index in [0.717, 1.165) is 0 Å². The lowest BCUT2D eigenvalue weighted by Gasteiger charge is -2.29. The second-order valence-corrected chi connectivity index (χ2v) is 8.07. The van der Waals surface area contributed by atoms with Crippen LogP contribution in [0.25, 0.3) is 0 Å². The molecule has 2 aromatic carbocycles. The van der Waals surface area contributed by atoms with E-state index in [1.165, 1.54) is 9.80 Å².